The molecule has 0 radical (unpaired) electrons. The number of benzene rings is 1. The lowest BCUT2D eigenvalue weighted by molar-refractivity contribution is 0.690. The monoisotopic (exact) mass is 192 g/mol. The summed E-state index contributed by atoms with van der Waals surface area (Å²) in [5.41, 5.74) is 9.55. The SMILES string of the molecule is Cc1cccc(C)c1NCCC(C)N. The Bertz CT molecular complexity index is 272. The van der Waals surface area contributed by atoms with Gasteiger partial charge in [-0.2, -0.15) is 0 Å². The molecule has 0 aliphatic heterocycles. The third kappa shape index (κ3) is 3.04. The van der Waals surface area contributed by atoms with Crippen LogP contribution in [0.15, 0.2) is 18.2 Å². The highest BCUT2D eigenvalue weighted by molar-refractivity contribution is 5.56. The smallest absolute Gasteiger partial charge is 0.0399 e. The van der Waals surface area contributed by atoms with Crippen LogP contribution >= 0.6 is 0 Å². The van der Waals surface area contributed by atoms with E-state index in [-0.39, 0.29) is 6.04 Å². The molecule has 78 valence electrons. The predicted octanol–water partition coefficient (Wildman–Crippen LogP) is 2.45. The van der Waals surface area contributed by atoms with E-state index in [0.717, 1.165) is 13.0 Å². The standard InChI is InChI=1S/C12H20N2/c1-9-5-4-6-10(2)12(9)14-8-7-11(3)13/h4-6,11,14H,7-8,13H2,1-3H3. The van der Waals surface area contributed by atoms with Gasteiger partial charge >= 0.3 is 0 Å². The van der Waals surface area contributed by atoms with Crippen LogP contribution in [0.1, 0.15) is 24.5 Å². The van der Waals surface area contributed by atoms with Crippen molar-refractivity contribution in [1.29, 1.82) is 0 Å². The fourth-order valence-corrected chi connectivity index (χ4v) is 1.52. The van der Waals surface area contributed by atoms with Gasteiger partial charge in [-0.25, -0.2) is 0 Å². The number of aryl methyl sites for hydroxylation is 2. The highest BCUT2D eigenvalue weighted by atomic mass is 14.9. The third-order valence-corrected chi connectivity index (χ3v) is 2.38. The van der Waals surface area contributed by atoms with Gasteiger partial charge in [-0.15, -0.1) is 0 Å². The van der Waals surface area contributed by atoms with Gasteiger partial charge in [0.2, 0.25) is 0 Å². The van der Waals surface area contributed by atoms with E-state index < -0.39 is 0 Å². The summed E-state index contributed by atoms with van der Waals surface area (Å²) in [5, 5.41) is 3.43. The first-order valence-electron chi connectivity index (χ1n) is 5.17. The molecule has 14 heavy (non-hydrogen) atoms. The van der Waals surface area contributed by atoms with Gasteiger partial charge in [-0.05, 0) is 38.3 Å². The summed E-state index contributed by atoms with van der Waals surface area (Å²) < 4.78 is 0. The van der Waals surface area contributed by atoms with Crippen LogP contribution in [0.5, 0.6) is 0 Å². The predicted molar refractivity (Wildman–Crippen MR) is 62.7 cm³/mol. The first-order valence-corrected chi connectivity index (χ1v) is 5.17. The minimum atomic E-state index is 0.270. The molecule has 0 aliphatic carbocycles. The second kappa shape index (κ2) is 5.01. The van der Waals surface area contributed by atoms with Gasteiger partial charge in [0.1, 0.15) is 0 Å². The number of para-hydroxylation sites is 1. The molecule has 0 fully saturated rings. The Balaban J connectivity index is 2.58. The fraction of sp³-hybridized carbons (Fsp3) is 0.500. The highest BCUT2D eigenvalue weighted by Gasteiger charge is 2.01. The lowest BCUT2D eigenvalue weighted by Crippen LogP contribution is -2.19. The van der Waals surface area contributed by atoms with Crippen molar-refractivity contribution < 1.29 is 0 Å². The zero-order chi connectivity index (χ0) is 10.6. The molecule has 0 saturated heterocycles. The summed E-state index contributed by atoms with van der Waals surface area (Å²) in [6.07, 6.45) is 1.01. The summed E-state index contributed by atoms with van der Waals surface area (Å²) in [6, 6.07) is 6.61. The molecule has 0 aromatic heterocycles. The molecule has 0 saturated carbocycles. The molecule has 2 nitrogen and oxygen atoms in total. The Kier molecular flexibility index (Phi) is 3.96. The van der Waals surface area contributed by atoms with E-state index in [0.29, 0.717) is 0 Å². The van der Waals surface area contributed by atoms with Crippen LogP contribution in [-0.2, 0) is 0 Å². The van der Waals surface area contributed by atoms with E-state index in [9.17, 15) is 0 Å². The van der Waals surface area contributed by atoms with Crippen LogP contribution in [0.25, 0.3) is 0 Å². The minimum Gasteiger partial charge on any atom is -0.385 e. The molecule has 0 bridgehead atoms. The van der Waals surface area contributed by atoms with Crippen molar-refractivity contribution in [1.82, 2.24) is 0 Å². The Morgan fingerprint density at radius 3 is 2.36 bits per heavy atom. The van der Waals surface area contributed by atoms with Gasteiger partial charge in [-0.1, -0.05) is 18.2 Å². The molecule has 1 aromatic rings. The topological polar surface area (TPSA) is 38.0 Å². The summed E-state index contributed by atoms with van der Waals surface area (Å²) in [4.78, 5) is 0. The molecular formula is C12H20N2. The Morgan fingerprint density at radius 2 is 1.86 bits per heavy atom. The van der Waals surface area contributed by atoms with Crippen LogP contribution in [-0.4, -0.2) is 12.6 Å². The average molecular weight is 192 g/mol. The largest absolute Gasteiger partial charge is 0.385 e. The van der Waals surface area contributed by atoms with Crippen molar-refractivity contribution in [3.05, 3.63) is 29.3 Å². The molecule has 0 spiro atoms. The summed E-state index contributed by atoms with van der Waals surface area (Å²) in [5.74, 6) is 0. The summed E-state index contributed by atoms with van der Waals surface area (Å²) >= 11 is 0. The summed E-state index contributed by atoms with van der Waals surface area (Å²) in [6.45, 7) is 7.23. The molecule has 1 rings (SSSR count). The van der Waals surface area contributed by atoms with Gasteiger partial charge in [0.15, 0.2) is 0 Å². The number of nitrogens with two attached hydrogens (primary N) is 1. The maximum atomic E-state index is 5.69. The first kappa shape index (κ1) is 11.1. The van der Waals surface area contributed by atoms with Gasteiger partial charge in [0.05, 0.1) is 0 Å². The lowest BCUT2D eigenvalue weighted by atomic mass is 10.1. The van der Waals surface area contributed by atoms with Crippen molar-refractivity contribution >= 4 is 5.69 Å². The maximum Gasteiger partial charge on any atom is 0.0399 e. The van der Waals surface area contributed by atoms with Gasteiger partial charge in [0, 0.05) is 18.3 Å². The molecule has 3 N–H and O–H groups in total. The molecule has 0 aliphatic rings. The van der Waals surface area contributed by atoms with E-state index in [4.69, 9.17) is 5.73 Å². The Morgan fingerprint density at radius 1 is 1.29 bits per heavy atom. The van der Waals surface area contributed by atoms with E-state index in [2.05, 4.69) is 37.4 Å². The number of nitrogens with one attached hydrogen (secondary N) is 1. The van der Waals surface area contributed by atoms with E-state index >= 15 is 0 Å². The van der Waals surface area contributed by atoms with Crippen molar-refractivity contribution in [3.8, 4) is 0 Å². The molecule has 2 heteroatoms. The van der Waals surface area contributed by atoms with Gasteiger partial charge in [0.25, 0.3) is 0 Å². The van der Waals surface area contributed by atoms with Crippen molar-refractivity contribution in [2.45, 2.75) is 33.2 Å². The number of rotatable bonds is 4. The van der Waals surface area contributed by atoms with Crippen LogP contribution in [0.3, 0.4) is 0 Å². The number of hydrogen-bond donors (Lipinski definition) is 2. The summed E-state index contributed by atoms with van der Waals surface area (Å²) in [7, 11) is 0. The normalized spacial score (nSPS) is 12.6. The maximum absolute atomic E-state index is 5.69. The molecule has 0 amide bonds. The zero-order valence-electron chi connectivity index (χ0n) is 9.30. The molecule has 1 unspecified atom stereocenters. The second-order valence-electron chi connectivity index (χ2n) is 3.96. The molecular weight excluding hydrogens is 172 g/mol. The van der Waals surface area contributed by atoms with Crippen LogP contribution in [0.4, 0.5) is 5.69 Å². The number of hydrogen-bond acceptors (Lipinski definition) is 2. The molecule has 1 atom stereocenters. The van der Waals surface area contributed by atoms with Gasteiger partial charge < -0.3 is 11.1 Å². The number of anilines is 1. The highest BCUT2D eigenvalue weighted by Crippen LogP contribution is 2.19. The Hall–Kier alpha value is -1.02. The zero-order valence-corrected chi connectivity index (χ0v) is 9.30. The molecule has 0 heterocycles. The van der Waals surface area contributed by atoms with Crippen LogP contribution in [0, 0.1) is 13.8 Å². The second-order valence-corrected chi connectivity index (χ2v) is 3.96. The van der Waals surface area contributed by atoms with Crippen molar-refractivity contribution in [2.24, 2.45) is 5.73 Å². The van der Waals surface area contributed by atoms with E-state index in [1.165, 1.54) is 16.8 Å². The lowest BCUT2D eigenvalue weighted by Gasteiger charge is -2.13. The van der Waals surface area contributed by atoms with Crippen LogP contribution in [0.2, 0.25) is 0 Å². The van der Waals surface area contributed by atoms with E-state index in [1.807, 2.05) is 6.92 Å². The fourth-order valence-electron chi connectivity index (χ4n) is 1.52. The van der Waals surface area contributed by atoms with Crippen molar-refractivity contribution in [2.75, 3.05) is 11.9 Å². The van der Waals surface area contributed by atoms with Crippen molar-refractivity contribution in [3.63, 3.8) is 0 Å². The van der Waals surface area contributed by atoms with Crippen LogP contribution < -0.4 is 11.1 Å². The van der Waals surface area contributed by atoms with E-state index in [1.54, 1.807) is 0 Å². The minimum absolute atomic E-state index is 0.270. The third-order valence-electron chi connectivity index (χ3n) is 2.38. The Labute approximate surface area is 86.5 Å². The molecule has 1 aromatic carbocycles. The van der Waals surface area contributed by atoms with Gasteiger partial charge in [-0.3, -0.25) is 0 Å². The average Bonchev–Trinajstić information content (AvgIpc) is 2.09. The first-order chi connectivity index (χ1) is 6.61. The quantitative estimate of drug-likeness (QED) is 0.769.